The van der Waals surface area contributed by atoms with Crippen LogP contribution in [0.5, 0.6) is 0 Å². The van der Waals surface area contributed by atoms with Gasteiger partial charge in [-0.2, -0.15) is 0 Å². The van der Waals surface area contributed by atoms with E-state index in [1.54, 1.807) is 18.2 Å². The molecule has 1 fully saturated rings. The summed E-state index contributed by atoms with van der Waals surface area (Å²) >= 11 is 7.29. The Morgan fingerprint density at radius 1 is 1.39 bits per heavy atom. The minimum atomic E-state index is -0.290. The molecule has 10 heteroatoms. The zero-order valence-electron chi connectivity index (χ0n) is 14.9. The standard InChI is InChI=1S/C18H18ClN5O3S/c19-12-4-1-3-11(7-12)17-21-14-8-15(25)23-24(14)18(22-17)28-10-16(26)20-9-13-5-2-6-27-13/h1,3-4,7-8,13H,2,5-6,9-10H2,(H,20,26)(H,23,25). The van der Waals surface area contributed by atoms with Gasteiger partial charge >= 0.3 is 0 Å². The summed E-state index contributed by atoms with van der Waals surface area (Å²) in [5.74, 6) is 0.475. The van der Waals surface area contributed by atoms with Gasteiger partial charge in [0, 0.05) is 29.8 Å². The average Bonchev–Trinajstić information content (AvgIpc) is 3.32. The summed E-state index contributed by atoms with van der Waals surface area (Å²) in [5.41, 5.74) is 0.868. The van der Waals surface area contributed by atoms with Crippen LogP contribution >= 0.6 is 23.4 Å². The minimum Gasteiger partial charge on any atom is -0.376 e. The molecule has 28 heavy (non-hydrogen) atoms. The van der Waals surface area contributed by atoms with Gasteiger partial charge in [0.1, 0.15) is 0 Å². The van der Waals surface area contributed by atoms with Gasteiger partial charge in [0.25, 0.3) is 5.56 Å². The Balaban J connectivity index is 1.53. The minimum absolute atomic E-state index is 0.0925. The molecule has 2 N–H and O–H groups in total. The van der Waals surface area contributed by atoms with Gasteiger partial charge in [0.2, 0.25) is 5.91 Å². The SMILES string of the molecule is O=C(CSc1nc(-c2cccc(Cl)c2)nc2cc(=O)[nH]n12)NCC1CCCO1. The number of amides is 1. The van der Waals surface area contributed by atoms with Crippen molar-refractivity contribution in [3.8, 4) is 11.4 Å². The van der Waals surface area contributed by atoms with Crippen LogP contribution in [-0.2, 0) is 9.53 Å². The maximum absolute atomic E-state index is 12.2. The van der Waals surface area contributed by atoms with Gasteiger partial charge in [-0.25, -0.2) is 14.5 Å². The van der Waals surface area contributed by atoms with Gasteiger partial charge < -0.3 is 10.1 Å². The topological polar surface area (TPSA) is 101 Å². The molecule has 0 spiro atoms. The molecule has 1 atom stereocenters. The van der Waals surface area contributed by atoms with Crippen molar-refractivity contribution in [2.75, 3.05) is 18.9 Å². The molecule has 0 aliphatic carbocycles. The van der Waals surface area contributed by atoms with E-state index >= 15 is 0 Å². The molecule has 0 saturated carbocycles. The molecule has 1 aromatic carbocycles. The van der Waals surface area contributed by atoms with Gasteiger partial charge in [-0.15, -0.1) is 0 Å². The highest BCUT2D eigenvalue weighted by molar-refractivity contribution is 7.99. The Labute approximate surface area is 169 Å². The number of fused-ring (bicyclic) bond motifs is 1. The molecule has 0 bridgehead atoms. The molecule has 4 rings (SSSR count). The van der Waals surface area contributed by atoms with Crippen molar-refractivity contribution in [2.24, 2.45) is 0 Å². The molecule has 1 amide bonds. The van der Waals surface area contributed by atoms with Crippen LogP contribution in [0.1, 0.15) is 12.8 Å². The predicted molar refractivity (Wildman–Crippen MR) is 107 cm³/mol. The van der Waals surface area contributed by atoms with Crippen LogP contribution in [0.2, 0.25) is 5.02 Å². The molecule has 1 aliphatic rings. The first kappa shape index (κ1) is 19.0. The lowest BCUT2D eigenvalue weighted by Gasteiger charge is -2.11. The highest BCUT2D eigenvalue weighted by Crippen LogP contribution is 2.23. The highest BCUT2D eigenvalue weighted by Gasteiger charge is 2.17. The lowest BCUT2D eigenvalue weighted by Crippen LogP contribution is -2.33. The predicted octanol–water partition coefficient (Wildman–Crippen LogP) is 2.13. The first-order valence-corrected chi connectivity index (χ1v) is 10.2. The van der Waals surface area contributed by atoms with Crippen molar-refractivity contribution in [3.63, 3.8) is 0 Å². The van der Waals surface area contributed by atoms with Crippen LogP contribution in [0.15, 0.2) is 40.3 Å². The molecule has 3 aromatic rings. The fraction of sp³-hybridized carbons (Fsp3) is 0.333. The molecule has 3 heterocycles. The van der Waals surface area contributed by atoms with Crippen molar-refractivity contribution in [3.05, 3.63) is 45.7 Å². The van der Waals surface area contributed by atoms with Crippen molar-refractivity contribution in [1.29, 1.82) is 0 Å². The molecule has 146 valence electrons. The summed E-state index contributed by atoms with van der Waals surface area (Å²) in [6.07, 6.45) is 2.09. The lowest BCUT2D eigenvalue weighted by molar-refractivity contribution is -0.119. The molecule has 1 unspecified atom stereocenters. The van der Waals surface area contributed by atoms with E-state index in [0.29, 0.717) is 28.2 Å². The van der Waals surface area contributed by atoms with E-state index < -0.39 is 0 Å². The maximum Gasteiger partial charge on any atom is 0.266 e. The van der Waals surface area contributed by atoms with E-state index in [9.17, 15) is 9.59 Å². The van der Waals surface area contributed by atoms with Crippen molar-refractivity contribution < 1.29 is 9.53 Å². The zero-order chi connectivity index (χ0) is 19.5. The van der Waals surface area contributed by atoms with Crippen LogP contribution in [0, 0.1) is 0 Å². The molecule has 8 nitrogen and oxygen atoms in total. The van der Waals surface area contributed by atoms with Crippen molar-refractivity contribution in [1.82, 2.24) is 24.9 Å². The number of carbonyl (C=O) groups is 1. The number of thioether (sulfide) groups is 1. The second-order valence-corrected chi connectivity index (χ2v) is 7.76. The van der Waals surface area contributed by atoms with Crippen molar-refractivity contribution >= 4 is 34.9 Å². The summed E-state index contributed by atoms with van der Waals surface area (Å²) in [7, 11) is 0. The summed E-state index contributed by atoms with van der Waals surface area (Å²) in [4.78, 5) is 32.9. The lowest BCUT2D eigenvalue weighted by atomic mass is 10.2. The molecular formula is C18H18ClN5O3S. The fourth-order valence-electron chi connectivity index (χ4n) is 2.95. The largest absolute Gasteiger partial charge is 0.376 e. The number of rotatable bonds is 6. The Morgan fingerprint density at radius 3 is 3.07 bits per heavy atom. The Hall–Kier alpha value is -2.36. The number of hydrogen-bond acceptors (Lipinski definition) is 6. The number of hydrogen-bond donors (Lipinski definition) is 2. The fourth-order valence-corrected chi connectivity index (χ4v) is 3.92. The number of nitrogens with zero attached hydrogens (tertiary/aromatic N) is 3. The van der Waals surface area contributed by atoms with Crippen LogP contribution in [-0.4, -0.2) is 50.5 Å². The van der Waals surface area contributed by atoms with Gasteiger partial charge in [-0.3, -0.25) is 14.7 Å². The second-order valence-electron chi connectivity index (χ2n) is 6.38. The monoisotopic (exact) mass is 419 g/mol. The molecule has 1 aliphatic heterocycles. The van der Waals surface area contributed by atoms with Gasteiger partial charge in [0.05, 0.1) is 11.9 Å². The van der Waals surface area contributed by atoms with Crippen LogP contribution in [0.4, 0.5) is 0 Å². The first-order chi connectivity index (χ1) is 13.6. The average molecular weight is 420 g/mol. The van der Waals surface area contributed by atoms with E-state index in [2.05, 4.69) is 20.4 Å². The summed E-state index contributed by atoms with van der Waals surface area (Å²) in [5, 5.41) is 6.56. The van der Waals surface area contributed by atoms with Gasteiger partial charge in [-0.05, 0) is 25.0 Å². The third kappa shape index (κ3) is 4.37. The number of ether oxygens (including phenoxy) is 1. The summed E-state index contributed by atoms with van der Waals surface area (Å²) < 4.78 is 6.98. The van der Waals surface area contributed by atoms with E-state index in [1.807, 2.05) is 6.07 Å². The summed E-state index contributed by atoms with van der Waals surface area (Å²) in [6.45, 7) is 1.26. The van der Waals surface area contributed by atoms with Crippen LogP contribution < -0.4 is 10.9 Å². The summed E-state index contributed by atoms with van der Waals surface area (Å²) in [6, 6.07) is 8.54. The number of aromatic amines is 1. The van der Waals surface area contributed by atoms with E-state index in [4.69, 9.17) is 16.3 Å². The van der Waals surface area contributed by atoms with E-state index in [1.165, 1.54) is 22.3 Å². The van der Waals surface area contributed by atoms with E-state index in [0.717, 1.165) is 25.0 Å². The number of nitrogens with one attached hydrogen (secondary N) is 2. The van der Waals surface area contributed by atoms with Gasteiger partial charge in [0.15, 0.2) is 16.6 Å². The Morgan fingerprint density at radius 2 is 2.29 bits per heavy atom. The Bertz CT molecular complexity index is 1060. The van der Waals surface area contributed by atoms with E-state index in [-0.39, 0.29) is 23.3 Å². The highest BCUT2D eigenvalue weighted by atomic mass is 35.5. The normalized spacial score (nSPS) is 16.5. The first-order valence-electron chi connectivity index (χ1n) is 8.85. The zero-order valence-corrected chi connectivity index (χ0v) is 16.4. The molecule has 2 aromatic heterocycles. The number of H-pyrrole nitrogens is 1. The van der Waals surface area contributed by atoms with Gasteiger partial charge in [-0.1, -0.05) is 35.5 Å². The number of halogens is 1. The Kier molecular flexibility index (Phi) is 5.65. The third-order valence-corrected chi connectivity index (χ3v) is 5.46. The molecule has 0 radical (unpaired) electrons. The smallest absolute Gasteiger partial charge is 0.266 e. The molecule has 1 saturated heterocycles. The quantitative estimate of drug-likeness (QED) is 0.593. The second kappa shape index (κ2) is 8.34. The molecular weight excluding hydrogens is 402 g/mol. The number of aromatic nitrogens is 4. The van der Waals surface area contributed by atoms with Crippen molar-refractivity contribution in [2.45, 2.75) is 24.1 Å². The van der Waals surface area contributed by atoms with Crippen LogP contribution in [0.3, 0.4) is 0 Å². The number of carbonyl (C=O) groups excluding carboxylic acids is 1. The maximum atomic E-state index is 12.2. The number of benzene rings is 1. The third-order valence-electron chi connectivity index (χ3n) is 4.29. The van der Waals surface area contributed by atoms with Crippen LogP contribution in [0.25, 0.3) is 17.0 Å².